The molecule has 7 aromatic heterocycles. The largest absolute Gasteiger partial charge is 0.379 e. The first-order valence-corrected chi connectivity index (χ1v) is 20.7. The summed E-state index contributed by atoms with van der Waals surface area (Å²) >= 11 is 0. The fraction of sp³-hybridized carbons (Fsp3) is 0.200. The highest BCUT2D eigenvalue weighted by Crippen LogP contribution is 2.30. The second kappa shape index (κ2) is 17.6. The predicted molar refractivity (Wildman–Crippen MR) is 244 cm³/mol. The summed E-state index contributed by atoms with van der Waals surface area (Å²) in [5, 5.41) is 26.4. The summed E-state index contributed by atoms with van der Waals surface area (Å²) in [6.45, 7) is 5.86. The molecule has 0 saturated heterocycles. The smallest absolute Gasteiger partial charge is 0.279 e. The van der Waals surface area contributed by atoms with Gasteiger partial charge in [0, 0.05) is 68.5 Å². The predicted octanol–water partition coefficient (Wildman–Crippen LogP) is 5.68. The summed E-state index contributed by atoms with van der Waals surface area (Å²) in [6.07, 6.45) is 5.12. The quantitative estimate of drug-likeness (QED) is 0.0825. The Balaban J connectivity index is 0.000000166. The van der Waals surface area contributed by atoms with Gasteiger partial charge in [0.1, 0.15) is 64.2 Å². The Morgan fingerprint density at radius 3 is 1.79 bits per heavy atom. The van der Waals surface area contributed by atoms with E-state index in [2.05, 4.69) is 63.6 Å². The van der Waals surface area contributed by atoms with E-state index >= 15 is 0 Å². The van der Waals surface area contributed by atoms with Gasteiger partial charge in [0.25, 0.3) is 17.0 Å². The summed E-state index contributed by atoms with van der Waals surface area (Å²) in [5.74, 6) is 1.60. The molecule has 8 aromatic rings. The molecule has 1 amide bonds. The summed E-state index contributed by atoms with van der Waals surface area (Å²) in [5.41, 5.74) is 3.41. The summed E-state index contributed by atoms with van der Waals surface area (Å²) in [6, 6.07) is 20.5. The van der Waals surface area contributed by atoms with Crippen molar-refractivity contribution in [1.82, 2.24) is 53.9 Å². The molecule has 6 N–H and O–H groups in total. The summed E-state index contributed by atoms with van der Waals surface area (Å²) in [4.78, 5) is 52.3. The van der Waals surface area contributed by atoms with E-state index in [9.17, 15) is 27.6 Å². The van der Waals surface area contributed by atoms with Gasteiger partial charge in [-0.3, -0.25) is 23.5 Å². The van der Waals surface area contributed by atoms with Crippen LogP contribution in [0.15, 0.2) is 120 Å². The normalized spacial score (nSPS) is 17.1. The minimum Gasteiger partial charge on any atom is -0.379 e. The number of hydrogen-bond donors (Lipinski definition) is 6. The van der Waals surface area contributed by atoms with E-state index < -0.39 is 24.3 Å². The van der Waals surface area contributed by atoms with Crippen molar-refractivity contribution < 1.29 is 18.0 Å². The Hall–Kier alpha value is -8.49. The van der Waals surface area contributed by atoms with Crippen LogP contribution in [0.2, 0.25) is 0 Å². The van der Waals surface area contributed by atoms with Crippen molar-refractivity contribution in [3.05, 3.63) is 154 Å². The second-order valence-corrected chi connectivity index (χ2v) is 15.5. The molecular weight excluding hydrogens is 856 g/mol. The number of benzene rings is 1. The number of carbonyl (C=O) groups is 1. The highest BCUT2D eigenvalue weighted by molar-refractivity contribution is 6.00. The minimum atomic E-state index is -1.02. The standard InChI is InChI=1S/C23H21F2N7O.C22H21FN8O2/c1-13(28-19-10-17(19)25)16-12-27-32-21(26-2)11-20(30-22(16)32)29-18-4-3-9-31(23(18)33)15-7-5-14(24)6-8-15;1-12-5-3-7-18(26-12)30-8-4-6-15(22(30)33)27-17-10-19(24-2)31-20(29-17)13(11-25-31)21(32)28-16-9-14(16)23/h3-9,11-12,17,19,26,28H,1,10H2,2H3,(H,29,30);3-8,10-11,14,16,24H,9H2,1-2H3,(H,27,29)(H,28,32)/t17-,19+;14-,16+/m11/s1. The maximum atomic E-state index is 13.3. The second-order valence-electron chi connectivity index (χ2n) is 15.5. The average Bonchev–Trinajstić information content (AvgIpc) is 4.04. The highest BCUT2D eigenvalue weighted by Gasteiger charge is 2.39. The molecule has 0 aliphatic heterocycles. The zero-order chi connectivity index (χ0) is 46.2. The van der Waals surface area contributed by atoms with Crippen LogP contribution in [0.3, 0.4) is 0 Å². The molecular formula is C45H42F3N15O3. The van der Waals surface area contributed by atoms with Crippen molar-refractivity contribution in [2.24, 2.45) is 0 Å². The van der Waals surface area contributed by atoms with E-state index in [-0.39, 0.29) is 45.6 Å². The number of alkyl halides is 2. The van der Waals surface area contributed by atoms with E-state index in [1.54, 1.807) is 79.7 Å². The number of aryl methyl sites for hydroxylation is 1. The van der Waals surface area contributed by atoms with Crippen molar-refractivity contribution in [3.63, 3.8) is 0 Å². The first kappa shape index (κ1) is 42.8. The molecule has 66 heavy (non-hydrogen) atoms. The zero-order valence-electron chi connectivity index (χ0n) is 35.6. The van der Waals surface area contributed by atoms with Crippen LogP contribution < -0.4 is 43.0 Å². The molecule has 10 rings (SSSR count). The Bertz CT molecular complexity index is 3280. The number of hydrogen-bond acceptors (Lipinski definition) is 13. The average molecular weight is 898 g/mol. The Morgan fingerprint density at radius 1 is 0.697 bits per heavy atom. The third-order valence-electron chi connectivity index (χ3n) is 10.8. The van der Waals surface area contributed by atoms with Crippen LogP contribution in [0.1, 0.15) is 34.5 Å². The molecule has 0 radical (unpaired) electrons. The van der Waals surface area contributed by atoms with E-state index in [4.69, 9.17) is 0 Å². The fourth-order valence-electron chi connectivity index (χ4n) is 7.06. The van der Waals surface area contributed by atoms with Crippen molar-refractivity contribution in [1.29, 1.82) is 0 Å². The van der Waals surface area contributed by atoms with Crippen LogP contribution in [0.25, 0.3) is 28.5 Å². The lowest BCUT2D eigenvalue weighted by Crippen LogP contribution is -2.27. The summed E-state index contributed by atoms with van der Waals surface area (Å²) in [7, 11) is 3.45. The van der Waals surface area contributed by atoms with E-state index in [1.165, 1.54) is 44.1 Å². The van der Waals surface area contributed by atoms with E-state index in [1.807, 2.05) is 19.1 Å². The molecule has 7 heterocycles. The Morgan fingerprint density at radius 2 is 1.23 bits per heavy atom. The number of pyridine rings is 3. The lowest BCUT2D eigenvalue weighted by molar-refractivity contribution is 0.0949. The van der Waals surface area contributed by atoms with Crippen LogP contribution in [0, 0.1) is 12.7 Å². The van der Waals surface area contributed by atoms with Crippen LogP contribution in [-0.2, 0) is 0 Å². The number of aromatic nitrogens is 9. The zero-order valence-corrected chi connectivity index (χ0v) is 35.6. The van der Waals surface area contributed by atoms with Crippen molar-refractivity contribution in [2.75, 3.05) is 35.4 Å². The highest BCUT2D eigenvalue weighted by atomic mass is 19.1. The van der Waals surface area contributed by atoms with Gasteiger partial charge in [0.15, 0.2) is 11.3 Å². The number of rotatable bonds is 13. The van der Waals surface area contributed by atoms with Gasteiger partial charge in [-0.15, -0.1) is 0 Å². The van der Waals surface area contributed by atoms with E-state index in [0.29, 0.717) is 64.5 Å². The number of halogens is 3. The SMILES string of the molecule is C=C(N[C@H]1C[C@H]1F)c1cnn2c(NC)cc(Nc3cccn(-c4ccc(F)cc4)c3=O)nc12.CNc1cc(Nc2cccn(-c3cccc(C)n3)c2=O)nc2c(C(=O)N[C@H]3C[C@H]3F)cnn12. The third-order valence-corrected chi connectivity index (χ3v) is 10.8. The van der Waals surface area contributed by atoms with Gasteiger partial charge in [-0.1, -0.05) is 12.6 Å². The van der Waals surface area contributed by atoms with Gasteiger partial charge in [-0.2, -0.15) is 19.2 Å². The molecule has 2 aliphatic carbocycles. The minimum absolute atomic E-state index is 0.212. The molecule has 0 unspecified atom stereocenters. The molecule has 0 spiro atoms. The van der Waals surface area contributed by atoms with Crippen LogP contribution >= 0.6 is 0 Å². The first-order valence-electron chi connectivity index (χ1n) is 20.7. The first-order chi connectivity index (χ1) is 31.9. The fourth-order valence-corrected chi connectivity index (χ4v) is 7.06. The maximum absolute atomic E-state index is 13.3. The third kappa shape index (κ3) is 8.72. The molecule has 336 valence electrons. The topological polar surface area (TPSA) is 207 Å². The summed E-state index contributed by atoms with van der Waals surface area (Å²) < 4.78 is 45.7. The number of carbonyl (C=O) groups excluding carboxylic acids is 1. The maximum Gasteiger partial charge on any atom is 0.279 e. The molecule has 2 aliphatic rings. The Labute approximate surface area is 373 Å². The molecule has 2 saturated carbocycles. The number of amides is 1. The van der Waals surface area contributed by atoms with Crippen molar-refractivity contribution >= 4 is 57.5 Å². The van der Waals surface area contributed by atoms with Gasteiger partial charge in [0.05, 0.1) is 30.0 Å². The molecule has 21 heteroatoms. The molecule has 0 bridgehead atoms. The van der Waals surface area contributed by atoms with Gasteiger partial charge < -0.3 is 31.9 Å². The molecule has 18 nitrogen and oxygen atoms in total. The van der Waals surface area contributed by atoms with Crippen LogP contribution in [-0.4, -0.2) is 87.7 Å². The molecule has 1 aromatic carbocycles. The number of fused-ring (bicyclic) bond motifs is 2. The van der Waals surface area contributed by atoms with Gasteiger partial charge in [-0.25, -0.2) is 28.1 Å². The number of nitrogens with one attached hydrogen (secondary N) is 6. The lowest BCUT2D eigenvalue weighted by Gasteiger charge is -2.12. The van der Waals surface area contributed by atoms with Gasteiger partial charge >= 0.3 is 0 Å². The Kier molecular flexibility index (Phi) is 11.4. The van der Waals surface area contributed by atoms with Crippen LogP contribution in [0.5, 0.6) is 0 Å². The molecule has 2 fully saturated rings. The van der Waals surface area contributed by atoms with Gasteiger partial charge in [0.2, 0.25) is 0 Å². The molecule has 4 atom stereocenters. The van der Waals surface area contributed by atoms with Gasteiger partial charge in [-0.05, 0) is 67.6 Å². The number of nitrogens with zero attached hydrogens (tertiary/aromatic N) is 9. The van der Waals surface area contributed by atoms with Crippen molar-refractivity contribution in [2.45, 2.75) is 44.2 Å². The van der Waals surface area contributed by atoms with Crippen molar-refractivity contribution in [3.8, 4) is 11.5 Å². The van der Waals surface area contributed by atoms with E-state index in [0.717, 1.165) is 5.69 Å². The number of anilines is 6. The van der Waals surface area contributed by atoms with Crippen LogP contribution in [0.4, 0.5) is 47.8 Å². The lowest BCUT2D eigenvalue weighted by atomic mass is 10.2. The monoisotopic (exact) mass is 897 g/mol.